The van der Waals surface area contributed by atoms with Crippen LogP contribution in [0.15, 0.2) is 48.5 Å². The van der Waals surface area contributed by atoms with Crippen molar-refractivity contribution in [2.75, 3.05) is 46.0 Å². The molecular formula is C23H26F3N3O4. The van der Waals surface area contributed by atoms with Gasteiger partial charge in [0.25, 0.3) is 5.91 Å². The summed E-state index contributed by atoms with van der Waals surface area (Å²) in [5.41, 5.74) is 0.730. The number of nitrogens with zero attached hydrogens (tertiary/aromatic N) is 1. The van der Waals surface area contributed by atoms with Gasteiger partial charge in [-0.05, 0) is 35.4 Å². The van der Waals surface area contributed by atoms with E-state index in [1.807, 2.05) is 0 Å². The van der Waals surface area contributed by atoms with Crippen LogP contribution in [0.5, 0.6) is 0 Å². The molecule has 10 heteroatoms. The van der Waals surface area contributed by atoms with E-state index in [1.165, 1.54) is 24.3 Å². The molecule has 2 aromatic rings. The molecule has 3 rings (SSSR count). The first kappa shape index (κ1) is 24.7. The topological polar surface area (TPSA) is 90.9 Å². The van der Waals surface area contributed by atoms with Crippen molar-refractivity contribution in [1.29, 1.82) is 0 Å². The van der Waals surface area contributed by atoms with Crippen molar-refractivity contribution in [2.45, 2.75) is 12.2 Å². The van der Waals surface area contributed by atoms with E-state index < -0.39 is 36.2 Å². The Hall–Kier alpha value is -2.95. The van der Waals surface area contributed by atoms with E-state index in [0.29, 0.717) is 37.4 Å². The van der Waals surface area contributed by atoms with E-state index in [-0.39, 0.29) is 5.56 Å². The number of hydrogen-bond acceptors (Lipinski definition) is 5. The number of benzene rings is 2. The molecule has 0 radical (unpaired) electrons. The Bertz CT molecular complexity index is 927. The minimum atomic E-state index is -4.40. The SMILES string of the molecule is O=C(NC(CO)C(=O)NCCN1CCOCC1)c1ccc(-c2ccc(C(F)(F)F)cc2)cc1. The van der Waals surface area contributed by atoms with Crippen molar-refractivity contribution in [3.05, 3.63) is 59.7 Å². The maximum atomic E-state index is 12.7. The second-order valence-corrected chi connectivity index (χ2v) is 7.61. The first-order valence-corrected chi connectivity index (χ1v) is 10.5. The van der Waals surface area contributed by atoms with Gasteiger partial charge >= 0.3 is 6.18 Å². The summed E-state index contributed by atoms with van der Waals surface area (Å²) < 4.78 is 43.4. The second kappa shape index (κ2) is 11.3. The van der Waals surface area contributed by atoms with Crippen molar-refractivity contribution >= 4 is 11.8 Å². The Kier molecular flexibility index (Phi) is 8.43. The molecular weight excluding hydrogens is 439 g/mol. The Morgan fingerprint density at radius 1 is 1.00 bits per heavy atom. The van der Waals surface area contributed by atoms with Crippen molar-refractivity contribution in [1.82, 2.24) is 15.5 Å². The lowest BCUT2D eigenvalue weighted by Crippen LogP contribution is -2.50. The molecule has 0 aromatic heterocycles. The summed E-state index contributed by atoms with van der Waals surface area (Å²) in [7, 11) is 0. The number of morpholine rings is 1. The van der Waals surface area contributed by atoms with Gasteiger partial charge in [0, 0.05) is 31.7 Å². The fourth-order valence-corrected chi connectivity index (χ4v) is 3.39. The molecule has 2 amide bonds. The van der Waals surface area contributed by atoms with E-state index in [9.17, 15) is 27.9 Å². The quantitative estimate of drug-likeness (QED) is 0.554. The summed E-state index contributed by atoms with van der Waals surface area (Å²) in [6.45, 7) is 3.36. The van der Waals surface area contributed by atoms with Crippen molar-refractivity contribution in [3.63, 3.8) is 0 Å². The van der Waals surface area contributed by atoms with Gasteiger partial charge in [-0.3, -0.25) is 14.5 Å². The first-order valence-electron chi connectivity index (χ1n) is 10.5. The van der Waals surface area contributed by atoms with Gasteiger partial charge in [0.1, 0.15) is 6.04 Å². The zero-order valence-corrected chi connectivity index (χ0v) is 17.9. The summed E-state index contributed by atoms with van der Waals surface area (Å²) in [5, 5.41) is 14.7. The highest BCUT2D eigenvalue weighted by molar-refractivity contribution is 5.98. The van der Waals surface area contributed by atoms with E-state index in [2.05, 4.69) is 15.5 Å². The average molecular weight is 465 g/mol. The molecule has 1 aliphatic rings. The highest BCUT2D eigenvalue weighted by atomic mass is 19.4. The highest BCUT2D eigenvalue weighted by Gasteiger charge is 2.30. The van der Waals surface area contributed by atoms with Gasteiger partial charge in [-0.25, -0.2) is 0 Å². The molecule has 0 aliphatic carbocycles. The Labute approximate surface area is 189 Å². The molecule has 1 heterocycles. The molecule has 33 heavy (non-hydrogen) atoms. The number of carbonyl (C=O) groups is 2. The molecule has 0 spiro atoms. The number of aliphatic hydroxyl groups is 1. The molecule has 3 N–H and O–H groups in total. The Balaban J connectivity index is 1.53. The number of alkyl halides is 3. The van der Waals surface area contributed by atoms with Gasteiger partial charge in [-0.2, -0.15) is 13.2 Å². The normalized spacial score (nSPS) is 15.6. The summed E-state index contributed by atoms with van der Waals surface area (Å²) >= 11 is 0. The van der Waals surface area contributed by atoms with Crippen LogP contribution in [0.4, 0.5) is 13.2 Å². The third kappa shape index (κ3) is 7.01. The zero-order valence-electron chi connectivity index (χ0n) is 17.9. The van der Waals surface area contributed by atoms with Crippen molar-refractivity contribution in [3.8, 4) is 11.1 Å². The van der Waals surface area contributed by atoms with Crippen LogP contribution in [0.25, 0.3) is 11.1 Å². The average Bonchev–Trinajstić information content (AvgIpc) is 2.82. The highest BCUT2D eigenvalue weighted by Crippen LogP contribution is 2.31. The molecule has 1 aliphatic heterocycles. The second-order valence-electron chi connectivity index (χ2n) is 7.61. The summed E-state index contributed by atoms with van der Waals surface area (Å²) in [6.07, 6.45) is -4.40. The molecule has 0 bridgehead atoms. The molecule has 1 saturated heterocycles. The maximum absolute atomic E-state index is 12.7. The number of halogens is 3. The van der Waals surface area contributed by atoms with Crippen LogP contribution in [0.3, 0.4) is 0 Å². The minimum Gasteiger partial charge on any atom is -0.394 e. The van der Waals surface area contributed by atoms with Crippen LogP contribution in [0.1, 0.15) is 15.9 Å². The van der Waals surface area contributed by atoms with Crippen LogP contribution in [0, 0.1) is 0 Å². The maximum Gasteiger partial charge on any atom is 0.416 e. The van der Waals surface area contributed by atoms with Gasteiger partial charge < -0.3 is 20.5 Å². The summed E-state index contributed by atoms with van der Waals surface area (Å²) in [5.74, 6) is -1.03. The van der Waals surface area contributed by atoms with E-state index in [1.54, 1.807) is 12.1 Å². The van der Waals surface area contributed by atoms with Gasteiger partial charge in [0.05, 0.1) is 25.4 Å². The Morgan fingerprint density at radius 3 is 2.12 bits per heavy atom. The zero-order chi connectivity index (χ0) is 23.8. The predicted octanol–water partition coefficient (Wildman–Crippen LogP) is 1.91. The van der Waals surface area contributed by atoms with Gasteiger partial charge in [0.15, 0.2) is 0 Å². The number of carbonyl (C=O) groups excluding carboxylic acids is 2. The number of rotatable bonds is 8. The van der Waals surface area contributed by atoms with Gasteiger partial charge in [-0.15, -0.1) is 0 Å². The number of amides is 2. The fraction of sp³-hybridized carbons (Fsp3) is 0.391. The third-order valence-corrected chi connectivity index (χ3v) is 5.33. The third-order valence-electron chi connectivity index (χ3n) is 5.33. The largest absolute Gasteiger partial charge is 0.416 e. The number of nitrogens with one attached hydrogen (secondary N) is 2. The lowest BCUT2D eigenvalue weighted by molar-refractivity contribution is -0.137. The monoisotopic (exact) mass is 465 g/mol. The summed E-state index contributed by atoms with van der Waals surface area (Å²) in [6, 6.07) is 9.85. The van der Waals surface area contributed by atoms with Crippen LogP contribution < -0.4 is 10.6 Å². The van der Waals surface area contributed by atoms with Gasteiger partial charge in [-0.1, -0.05) is 24.3 Å². The first-order chi connectivity index (χ1) is 15.8. The van der Waals surface area contributed by atoms with E-state index in [0.717, 1.165) is 25.2 Å². The number of hydrogen-bond donors (Lipinski definition) is 3. The lowest BCUT2D eigenvalue weighted by Gasteiger charge is -2.26. The lowest BCUT2D eigenvalue weighted by atomic mass is 10.0. The van der Waals surface area contributed by atoms with Crippen LogP contribution >= 0.6 is 0 Å². The fourth-order valence-electron chi connectivity index (χ4n) is 3.39. The number of ether oxygens (including phenoxy) is 1. The van der Waals surface area contributed by atoms with Crippen molar-refractivity contribution in [2.24, 2.45) is 0 Å². The molecule has 1 atom stereocenters. The number of aliphatic hydroxyl groups excluding tert-OH is 1. The smallest absolute Gasteiger partial charge is 0.394 e. The minimum absolute atomic E-state index is 0.255. The molecule has 1 fully saturated rings. The molecule has 1 unspecified atom stereocenters. The predicted molar refractivity (Wildman–Crippen MR) is 115 cm³/mol. The van der Waals surface area contributed by atoms with Crippen LogP contribution in [0.2, 0.25) is 0 Å². The molecule has 2 aromatic carbocycles. The molecule has 7 nitrogen and oxygen atoms in total. The van der Waals surface area contributed by atoms with E-state index >= 15 is 0 Å². The molecule has 0 saturated carbocycles. The van der Waals surface area contributed by atoms with E-state index in [4.69, 9.17) is 4.74 Å². The van der Waals surface area contributed by atoms with Crippen LogP contribution in [-0.4, -0.2) is 73.9 Å². The van der Waals surface area contributed by atoms with Crippen LogP contribution in [-0.2, 0) is 15.7 Å². The standard InChI is InChI=1S/C23H26F3N3O4/c24-23(25,26)19-7-5-17(6-8-19)16-1-3-18(4-2-16)21(31)28-20(15-30)22(32)27-9-10-29-11-13-33-14-12-29/h1-8,20,30H,9-15H2,(H,27,32)(H,28,31). The summed E-state index contributed by atoms with van der Waals surface area (Å²) in [4.78, 5) is 27.0. The van der Waals surface area contributed by atoms with Crippen molar-refractivity contribution < 1.29 is 32.6 Å². The van der Waals surface area contributed by atoms with Gasteiger partial charge in [0.2, 0.25) is 5.91 Å². The Morgan fingerprint density at radius 2 is 1.58 bits per heavy atom. The molecule has 178 valence electrons.